The van der Waals surface area contributed by atoms with E-state index in [1.54, 1.807) is 6.92 Å². The second-order valence-corrected chi connectivity index (χ2v) is 3.75. The van der Waals surface area contributed by atoms with E-state index >= 15 is 0 Å². The Labute approximate surface area is 112 Å². The van der Waals surface area contributed by atoms with Crippen LogP contribution in [0.1, 0.15) is 21.7 Å². The number of nitro benzene ring substituents is 1. The van der Waals surface area contributed by atoms with Crippen LogP contribution in [0.2, 0.25) is 0 Å². The molecule has 0 saturated carbocycles. The van der Waals surface area contributed by atoms with Gasteiger partial charge in [0.1, 0.15) is 5.69 Å². The molecule has 9 heteroatoms. The SMILES string of the molecule is Cc1nonc1C(=O)NN=Cc1ccc([N+](=O)[O-])cc1. The van der Waals surface area contributed by atoms with E-state index in [0.717, 1.165) is 0 Å². The summed E-state index contributed by atoms with van der Waals surface area (Å²) in [5.74, 6) is -0.554. The number of nitrogens with one attached hydrogen (secondary N) is 1. The van der Waals surface area contributed by atoms with Gasteiger partial charge in [0.25, 0.3) is 11.6 Å². The summed E-state index contributed by atoms with van der Waals surface area (Å²) in [5.41, 5.74) is 3.23. The van der Waals surface area contributed by atoms with E-state index in [1.807, 2.05) is 0 Å². The van der Waals surface area contributed by atoms with Gasteiger partial charge in [0.15, 0.2) is 5.69 Å². The highest BCUT2D eigenvalue weighted by atomic mass is 16.6. The van der Waals surface area contributed by atoms with Crippen LogP contribution in [-0.4, -0.2) is 27.4 Å². The molecule has 0 radical (unpaired) electrons. The summed E-state index contributed by atoms with van der Waals surface area (Å²) in [6, 6.07) is 5.71. The van der Waals surface area contributed by atoms with Crippen LogP contribution in [0.4, 0.5) is 5.69 Å². The molecule has 1 aromatic heterocycles. The fourth-order valence-corrected chi connectivity index (χ4v) is 1.34. The van der Waals surface area contributed by atoms with Crippen LogP contribution in [0.3, 0.4) is 0 Å². The predicted octanol–water partition coefficient (Wildman–Crippen LogP) is 1.05. The van der Waals surface area contributed by atoms with E-state index in [4.69, 9.17) is 0 Å². The Hall–Kier alpha value is -3.10. The van der Waals surface area contributed by atoms with Gasteiger partial charge in [0, 0.05) is 12.1 Å². The van der Waals surface area contributed by atoms with Gasteiger partial charge in [-0.2, -0.15) is 5.10 Å². The van der Waals surface area contributed by atoms with E-state index in [0.29, 0.717) is 11.3 Å². The molecule has 1 aromatic carbocycles. The Kier molecular flexibility index (Phi) is 3.80. The van der Waals surface area contributed by atoms with Crippen molar-refractivity contribution in [3.63, 3.8) is 0 Å². The summed E-state index contributed by atoms with van der Waals surface area (Å²) in [6.07, 6.45) is 1.35. The van der Waals surface area contributed by atoms with Gasteiger partial charge < -0.3 is 0 Å². The lowest BCUT2D eigenvalue weighted by atomic mass is 10.2. The number of non-ortho nitro benzene ring substituents is 1. The Morgan fingerprint density at radius 3 is 2.65 bits per heavy atom. The monoisotopic (exact) mass is 275 g/mol. The number of nitrogens with zero attached hydrogens (tertiary/aromatic N) is 4. The number of nitro groups is 1. The van der Waals surface area contributed by atoms with Crippen molar-refractivity contribution >= 4 is 17.8 Å². The molecule has 1 N–H and O–H groups in total. The standard InChI is InChI=1S/C11H9N5O4/c1-7-10(15-20-14-7)11(17)13-12-6-8-2-4-9(5-3-8)16(18)19/h2-6H,1H3,(H,13,17). The maximum atomic E-state index is 11.6. The highest BCUT2D eigenvalue weighted by Gasteiger charge is 2.13. The number of aromatic nitrogens is 2. The summed E-state index contributed by atoms with van der Waals surface area (Å²) >= 11 is 0. The average molecular weight is 275 g/mol. The molecule has 0 aliphatic rings. The largest absolute Gasteiger partial charge is 0.295 e. The molecule has 9 nitrogen and oxygen atoms in total. The maximum Gasteiger partial charge on any atom is 0.295 e. The molecule has 0 spiro atoms. The summed E-state index contributed by atoms with van der Waals surface area (Å²) < 4.78 is 4.39. The molecule has 0 aliphatic carbocycles. The van der Waals surface area contributed by atoms with E-state index in [9.17, 15) is 14.9 Å². The first-order valence-corrected chi connectivity index (χ1v) is 5.45. The van der Waals surface area contributed by atoms with Gasteiger partial charge in [0.05, 0.1) is 11.1 Å². The molecular weight excluding hydrogens is 266 g/mol. The number of carbonyl (C=O) groups excluding carboxylic acids is 1. The molecule has 1 heterocycles. The van der Waals surface area contributed by atoms with Gasteiger partial charge in [0.2, 0.25) is 0 Å². The third-order valence-corrected chi connectivity index (χ3v) is 2.35. The fourth-order valence-electron chi connectivity index (χ4n) is 1.34. The Balaban J connectivity index is 1.98. The van der Waals surface area contributed by atoms with Crippen molar-refractivity contribution in [2.45, 2.75) is 6.92 Å². The molecule has 1 amide bonds. The number of carbonyl (C=O) groups is 1. The Morgan fingerprint density at radius 2 is 2.10 bits per heavy atom. The van der Waals surface area contributed by atoms with Crippen molar-refractivity contribution in [2.75, 3.05) is 0 Å². The van der Waals surface area contributed by atoms with Crippen LogP contribution < -0.4 is 5.43 Å². The lowest BCUT2D eigenvalue weighted by Gasteiger charge is -1.95. The summed E-state index contributed by atoms with van der Waals surface area (Å²) in [7, 11) is 0. The van der Waals surface area contributed by atoms with E-state index in [1.165, 1.54) is 30.5 Å². The van der Waals surface area contributed by atoms with Gasteiger partial charge in [-0.15, -0.1) is 0 Å². The van der Waals surface area contributed by atoms with E-state index in [-0.39, 0.29) is 11.4 Å². The Morgan fingerprint density at radius 1 is 1.40 bits per heavy atom. The minimum atomic E-state index is -0.554. The van der Waals surface area contributed by atoms with Crippen molar-refractivity contribution in [3.05, 3.63) is 51.3 Å². The highest BCUT2D eigenvalue weighted by molar-refractivity contribution is 5.93. The lowest BCUT2D eigenvalue weighted by Crippen LogP contribution is -2.19. The third kappa shape index (κ3) is 3.02. The summed E-state index contributed by atoms with van der Waals surface area (Å²) in [5, 5.41) is 21.1. The van der Waals surface area contributed by atoms with Crippen LogP contribution in [0.5, 0.6) is 0 Å². The second kappa shape index (κ2) is 5.69. The number of hydrogen-bond acceptors (Lipinski definition) is 7. The number of rotatable bonds is 4. The summed E-state index contributed by atoms with van der Waals surface area (Å²) in [6.45, 7) is 1.57. The van der Waals surface area contributed by atoms with Crippen molar-refractivity contribution in [3.8, 4) is 0 Å². The van der Waals surface area contributed by atoms with Crippen molar-refractivity contribution in [2.24, 2.45) is 5.10 Å². The average Bonchev–Trinajstić information content (AvgIpc) is 2.85. The van der Waals surface area contributed by atoms with E-state index < -0.39 is 10.8 Å². The van der Waals surface area contributed by atoms with Crippen LogP contribution in [0.25, 0.3) is 0 Å². The number of benzene rings is 1. The zero-order valence-electron chi connectivity index (χ0n) is 10.3. The van der Waals surface area contributed by atoms with Gasteiger partial charge in [-0.3, -0.25) is 14.9 Å². The minimum Gasteiger partial charge on any atom is -0.265 e. The van der Waals surface area contributed by atoms with Gasteiger partial charge >= 0.3 is 0 Å². The van der Waals surface area contributed by atoms with E-state index in [2.05, 4.69) is 25.5 Å². The quantitative estimate of drug-likeness (QED) is 0.505. The zero-order valence-corrected chi connectivity index (χ0v) is 10.3. The molecule has 0 fully saturated rings. The molecule has 0 unspecified atom stereocenters. The van der Waals surface area contributed by atoms with Crippen molar-refractivity contribution in [1.82, 2.24) is 15.7 Å². The molecule has 0 bridgehead atoms. The molecule has 102 valence electrons. The molecule has 0 saturated heterocycles. The molecule has 0 atom stereocenters. The molecule has 2 rings (SSSR count). The molecular formula is C11H9N5O4. The number of hydrazone groups is 1. The first-order chi connectivity index (χ1) is 9.58. The zero-order chi connectivity index (χ0) is 14.5. The van der Waals surface area contributed by atoms with Crippen LogP contribution in [-0.2, 0) is 0 Å². The minimum absolute atomic E-state index is 0.0181. The van der Waals surface area contributed by atoms with Gasteiger partial charge in [-0.1, -0.05) is 5.16 Å². The Bertz CT molecular complexity index is 662. The van der Waals surface area contributed by atoms with Crippen LogP contribution >= 0.6 is 0 Å². The summed E-state index contributed by atoms with van der Waals surface area (Å²) in [4.78, 5) is 21.6. The first-order valence-electron chi connectivity index (χ1n) is 5.45. The normalized spacial score (nSPS) is 10.7. The molecule has 0 aliphatic heterocycles. The van der Waals surface area contributed by atoms with Gasteiger partial charge in [-0.25, -0.2) is 10.1 Å². The number of aryl methyl sites for hydroxylation is 1. The van der Waals surface area contributed by atoms with Crippen molar-refractivity contribution in [1.29, 1.82) is 0 Å². The smallest absolute Gasteiger partial charge is 0.265 e. The van der Waals surface area contributed by atoms with Crippen LogP contribution in [0.15, 0.2) is 34.0 Å². The van der Waals surface area contributed by atoms with Gasteiger partial charge in [-0.05, 0) is 29.8 Å². The number of amides is 1. The number of hydrogen-bond donors (Lipinski definition) is 1. The predicted molar refractivity (Wildman–Crippen MR) is 67.2 cm³/mol. The highest BCUT2D eigenvalue weighted by Crippen LogP contribution is 2.10. The maximum absolute atomic E-state index is 11.6. The molecule has 20 heavy (non-hydrogen) atoms. The molecule has 2 aromatic rings. The third-order valence-electron chi connectivity index (χ3n) is 2.35. The fraction of sp³-hybridized carbons (Fsp3) is 0.0909. The van der Waals surface area contributed by atoms with Crippen LogP contribution in [0, 0.1) is 17.0 Å². The van der Waals surface area contributed by atoms with Crippen molar-refractivity contribution < 1.29 is 14.3 Å². The lowest BCUT2D eigenvalue weighted by molar-refractivity contribution is -0.384. The topological polar surface area (TPSA) is 124 Å². The first kappa shape index (κ1) is 13.3. The second-order valence-electron chi connectivity index (χ2n) is 3.75.